The monoisotopic (exact) mass is 405 g/mol. The van der Waals surface area contributed by atoms with Gasteiger partial charge in [0, 0.05) is 68.7 Å². The van der Waals surface area contributed by atoms with Crippen LogP contribution in [-0.2, 0) is 6.42 Å². The summed E-state index contributed by atoms with van der Waals surface area (Å²) in [5.41, 5.74) is 2.13. The molecule has 0 aromatic carbocycles. The van der Waals surface area contributed by atoms with Crippen LogP contribution in [0.15, 0.2) is 9.52 Å². The molecule has 0 amide bonds. The number of aryl methyl sites for hydroxylation is 3. The normalized spacial score (nSPS) is 16.5. The fraction of sp³-hybridized carbons (Fsp3) is 0.684. The van der Waals surface area contributed by atoms with E-state index in [9.17, 15) is 0 Å². The summed E-state index contributed by atoms with van der Waals surface area (Å²) < 4.78 is 9.72. The van der Waals surface area contributed by atoms with Gasteiger partial charge in [0.15, 0.2) is 5.96 Å². The molecule has 1 aliphatic heterocycles. The first-order valence-corrected chi connectivity index (χ1v) is 10.8. The van der Waals surface area contributed by atoms with E-state index < -0.39 is 0 Å². The van der Waals surface area contributed by atoms with E-state index in [1.807, 2.05) is 13.8 Å². The highest BCUT2D eigenvalue weighted by Crippen LogP contribution is 2.23. The standard InChI is InChI=1S/C19H31N7OS/c1-6-16-22-19(28-24-16)26-10-8-25(9-11-26)18(20-7-2)21-12-13(3)17-14(4)23-27-15(17)5/h13H,6-12H2,1-5H3,(H,20,21). The number of anilines is 1. The molecular weight excluding hydrogens is 374 g/mol. The van der Waals surface area contributed by atoms with E-state index in [4.69, 9.17) is 9.52 Å². The van der Waals surface area contributed by atoms with Crippen molar-refractivity contribution in [3.63, 3.8) is 0 Å². The second kappa shape index (κ2) is 9.36. The maximum absolute atomic E-state index is 5.31. The van der Waals surface area contributed by atoms with Crippen LogP contribution in [0.3, 0.4) is 0 Å². The summed E-state index contributed by atoms with van der Waals surface area (Å²) in [7, 11) is 0. The molecule has 1 unspecified atom stereocenters. The number of hydrogen-bond acceptors (Lipinski definition) is 7. The average Bonchev–Trinajstić information content (AvgIpc) is 3.31. The second-order valence-electron chi connectivity index (χ2n) is 7.15. The van der Waals surface area contributed by atoms with E-state index in [-0.39, 0.29) is 5.92 Å². The number of aliphatic imine (C=N–C) groups is 1. The molecule has 2 aromatic heterocycles. The van der Waals surface area contributed by atoms with Gasteiger partial charge in [0.25, 0.3) is 0 Å². The number of nitrogens with one attached hydrogen (secondary N) is 1. The number of hydrogen-bond donors (Lipinski definition) is 1. The smallest absolute Gasteiger partial charge is 0.205 e. The van der Waals surface area contributed by atoms with E-state index in [1.165, 1.54) is 17.1 Å². The highest BCUT2D eigenvalue weighted by atomic mass is 32.1. The molecule has 0 radical (unpaired) electrons. The minimum atomic E-state index is 0.273. The van der Waals surface area contributed by atoms with Crippen LogP contribution in [0.5, 0.6) is 0 Å². The Bertz CT molecular complexity index is 773. The first-order valence-electron chi connectivity index (χ1n) is 10.1. The lowest BCUT2D eigenvalue weighted by atomic mass is 10.00. The Kier molecular flexibility index (Phi) is 6.88. The molecule has 1 N–H and O–H groups in total. The zero-order valence-corrected chi connectivity index (χ0v) is 18.3. The molecule has 3 rings (SSSR count). The van der Waals surface area contributed by atoms with Gasteiger partial charge in [0.1, 0.15) is 11.6 Å². The Hall–Kier alpha value is -2.16. The molecule has 28 heavy (non-hydrogen) atoms. The van der Waals surface area contributed by atoms with Crippen molar-refractivity contribution in [2.45, 2.75) is 47.0 Å². The Morgan fingerprint density at radius 3 is 2.57 bits per heavy atom. The van der Waals surface area contributed by atoms with Gasteiger partial charge in [-0.05, 0) is 20.8 Å². The van der Waals surface area contributed by atoms with Crippen LogP contribution in [0.25, 0.3) is 0 Å². The summed E-state index contributed by atoms with van der Waals surface area (Å²) in [6, 6.07) is 0. The molecule has 154 valence electrons. The Balaban J connectivity index is 1.62. The number of aromatic nitrogens is 3. The van der Waals surface area contributed by atoms with E-state index in [0.717, 1.165) is 67.5 Å². The lowest BCUT2D eigenvalue weighted by molar-refractivity contribution is 0.372. The molecule has 1 fully saturated rings. The van der Waals surface area contributed by atoms with Gasteiger partial charge in [-0.3, -0.25) is 4.99 Å². The van der Waals surface area contributed by atoms with Crippen molar-refractivity contribution in [1.82, 2.24) is 24.7 Å². The van der Waals surface area contributed by atoms with Gasteiger partial charge in [0.05, 0.1) is 5.69 Å². The topological polar surface area (TPSA) is 82.7 Å². The molecule has 0 spiro atoms. The van der Waals surface area contributed by atoms with Crippen LogP contribution < -0.4 is 10.2 Å². The molecule has 0 aliphatic carbocycles. The minimum Gasteiger partial charge on any atom is -0.361 e. The molecule has 1 atom stereocenters. The summed E-state index contributed by atoms with van der Waals surface area (Å²) in [6.07, 6.45) is 0.886. The van der Waals surface area contributed by atoms with Crippen LogP contribution in [-0.4, -0.2) is 64.6 Å². The molecule has 1 aliphatic rings. The van der Waals surface area contributed by atoms with Crippen molar-refractivity contribution in [2.75, 3.05) is 44.2 Å². The van der Waals surface area contributed by atoms with Gasteiger partial charge in [-0.2, -0.15) is 4.37 Å². The molecular formula is C19H31N7OS. The first-order chi connectivity index (χ1) is 13.5. The molecule has 0 bridgehead atoms. The van der Waals surface area contributed by atoms with Gasteiger partial charge in [0.2, 0.25) is 5.13 Å². The lowest BCUT2D eigenvalue weighted by Gasteiger charge is -2.36. The fourth-order valence-electron chi connectivity index (χ4n) is 3.56. The summed E-state index contributed by atoms with van der Waals surface area (Å²) >= 11 is 1.50. The van der Waals surface area contributed by atoms with Crippen LogP contribution >= 0.6 is 11.5 Å². The third-order valence-corrected chi connectivity index (χ3v) is 5.87. The van der Waals surface area contributed by atoms with Crippen LogP contribution in [0.2, 0.25) is 0 Å². The van der Waals surface area contributed by atoms with Crippen LogP contribution in [0.4, 0.5) is 5.13 Å². The van der Waals surface area contributed by atoms with Gasteiger partial charge in [-0.25, -0.2) is 4.98 Å². The number of piperazine rings is 1. The minimum absolute atomic E-state index is 0.273. The van der Waals surface area contributed by atoms with E-state index >= 15 is 0 Å². The van der Waals surface area contributed by atoms with E-state index in [1.54, 1.807) is 0 Å². The number of guanidine groups is 1. The molecule has 1 saturated heterocycles. The lowest BCUT2D eigenvalue weighted by Crippen LogP contribution is -2.52. The van der Waals surface area contributed by atoms with Crippen molar-refractivity contribution in [1.29, 1.82) is 0 Å². The predicted molar refractivity (Wildman–Crippen MR) is 113 cm³/mol. The van der Waals surface area contributed by atoms with Crippen molar-refractivity contribution < 1.29 is 4.52 Å². The van der Waals surface area contributed by atoms with Crippen molar-refractivity contribution in [3.05, 3.63) is 22.8 Å². The van der Waals surface area contributed by atoms with Gasteiger partial charge in [-0.1, -0.05) is 19.0 Å². The molecule has 8 nitrogen and oxygen atoms in total. The first kappa shape index (κ1) is 20.6. The summed E-state index contributed by atoms with van der Waals surface area (Å²) in [6.45, 7) is 15.6. The Morgan fingerprint density at radius 1 is 1.25 bits per heavy atom. The summed E-state index contributed by atoms with van der Waals surface area (Å²) in [5, 5.41) is 8.55. The third kappa shape index (κ3) is 4.63. The highest BCUT2D eigenvalue weighted by molar-refractivity contribution is 7.09. The summed E-state index contributed by atoms with van der Waals surface area (Å²) in [5.74, 6) is 3.08. The van der Waals surface area contributed by atoms with Crippen molar-refractivity contribution in [2.24, 2.45) is 4.99 Å². The van der Waals surface area contributed by atoms with Gasteiger partial charge >= 0.3 is 0 Å². The summed E-state index contributed by atoms with van der Waals surface area (Å²) in [4.78, 5) is 14.2. The number of rotatable bonds is 6. The molecule has 0 saturated carbocycles. The predicted octanol–water partition coefficient (Wildman–Crippen LogP) is 2.60. The van der Waals surface area contributed by atoms with E-state index in [2.05, 4.69) is 50.4 Å². The van der Waals surface area contributed by atoms with Crippen molar-refractivity contribution >= 4 is 22.6 Å². The zero-order chi connectivity index (χ0) is 20.1. The number of nitrogens with zero attached hydrogens (tertiary/aromatic N) is 6. The maximum atomic E-state index is 5.31. The average molecular weight is 406 g/mol. The van der Waals surface area contributed by atoms with Gasteiger partial charge in [-0.15, -0.1) is 0 Å². The Morgan fingerprint density at radius 2 is 2.00 bits per heavy atom. The molecule has 9 heteroatoms. The third-order valence-electron chi connectivity index (χ3n) is 5.05. The van der Waals surface area contributed by atoms with Crippen LogP contribution in [0, 0.1) is 13.8 Å². The van der Waals surface area contributed by atoms with Gasteiger partial charge < -0.3 is 19.6 Å². The second-order valence-corrected chi connectivity index (χ2v) is 7.88. The van der Waals surface area contributed by atoms with Crippen molar-refractivity contribution in [3.8, 4) is 0 Å². The quantitative estimate of drug-likeness (QED) is 0.584. The largest absolute Gasteiger partial charge is 0.361 e. The maximum Gasteiger partial charge on any atom is 0.205 e. The molecule has 2 aromatic rings. The highest BCUT2D eigenvalue weighted by Gasteiger charge is 2.23. The van der Waals surface area contributed by atoms with Crippen LogP contribution in [0.1, 0.15) is 49.5 Å². The molecule has 3 heterocycles. The Labute approximate surface area is 171 Å². The fourth-order valence-corrected chi connectivity index (χ4v) is 4.36. The van der Waals surface area contributed by atoms with E-state index in [0.29, 0.717) is 6.54 Å². The zero-order valence-electron chi connectivity index (χ0n) is 17.5. The SMILES string of the molecule is CCNC(=NCC(C)c1c(C)noc1C)N1CCN(c2nc(CC)ns2)CC1.